The molecule has 4 heteroatoms. The van der Waals surface area contributed by atoms with Crippen LogP contribution in [0.1, 0.15) is 57.1 Å². The van der Waals surface area contributed by atoms with Crippen LogP contribution in [0.15, 0.2) is 5.51 Å². The Bertz CT molecular complexity index is 347. The quantitative estimate of drug-likeness (QED) is 0.750. The van der Waals surface area contributed by atoms with Gasteiger partial charge in [-0.25, -0.2) is 4.98 Å². The van der Waals surface area contributed by atoms with Crippen LogP contribution in [0.25, 0.3) is 0 Å². The summed E-state index contributed by atoms with van der Waals surface area (Å²) in [5.41, 5.74) is 3.11. The van der Waals surface area contributed by atoms with Gasteiger partial charge in [-0.05, 0) is 53.2 Å². The molecule has 0 saturated carbocycles. The van der Waals surface area contributed by atoms with E-state index < -0.39 is 0 Å². The standard InChI is InChI=1S/C15H29N3S/c1-6-18(7-2)10-8-9-12(3)17-14(5)15-13(4)16-11-19-15/h11-12,14,17H,6-10H2,1-5H3. The van der Waals surface area contributed by atoms with Crippen molar-refractivity contribution in [2.75, 3.05) is 19.6 Å². The number of hydrogen-bond donors (Lipinski definition) is 1. The van der Waals surface area contributed by atoms with Crippen LogP contribution >= 0.6 is 11.3 Å². The summed E-state index contributed by atoms with van der Waals surface area (Å²) in [5, 5.41) is 3.68. The fraction of sp³-hybridized carbons (Fsp3) is 0.800. The zero-order valence-electron chi connectivity index (χ0n) is 13.1. The molecule has 0 aliphatic carbocycles. The summed E-state index contributed by atoms with van der Waals surface area (Å²) in [6.45, 7) is 14.6. The number of nitrogens with one attached hydrogen (secondary N) is 1. The van der Waals surface area contributed by atoms with Gasteiger partial charge in [0.25, 0.3) is 0 Å². The molecule has 1 aromatic rings. The van der Waals surface area contributed by atoms with Crippen LogP contribution in [0.2, 0.25) is 0 Å². The van der Waals surface area contributed by atoms with E-state index in [2.05, 4.69) is 49.8 Å². The second-order valence-electron chi connectivity index (χ2n) is 5.26. The van der Waals surface area contributed by atoms with Crippen molar-refractivity contribution in [3.05, 3.63) is 16.1 Å². The Morgan fingerprint density at radius 3 is 2.53 bits per heavy atom. The van der Waals surface area contributed by atoms with Crippen molar-refractivity contribution in [3.8, 4) is 0 Å². The molecule has 1 heterocycles. The summed E-state index contributed by atoms with van der Waals surface area (Å²) in [6, 6.07) is 0.975. The van der Waals surface area contributed by atoms with Gasteiger partial charge in [0.1, 0.15) is 0 Å². The molecule has 0 fully saturated rings. The van der Waals surface area contributed by atoms with Crippen LogP contribution in [0.4, 0.5) is 0 Å². The van der Waals surface area contributed by atoms with Crippen LogP contribution in [0.5, 0.6) is 0 Å². The third kappa shape index (κ3) is 5.59. The highest BCUT2D eigenvalue weighted by Crippen LogP contribution is 2.21. The van der Waals surface area contributed by atoms with Gasteiger partial charge in [0.05, 0.1) is 11.2 Å². The van der Waals surface area contributed by atoms with Crippen molar-refractivity contribution in [1.29, 1.82) is 0 Å². The van der Waals surface area contributed by atoms with Crippen LogP contribution in [0, 0.1) is 6.92 Å². The average Bonchev–Trinajstić information content (AvgIpc) is 2.81. The van der Waals surface area contributed by atoms with E-state index in [-0.39, 0.29) is 0 Å². The first-order chi connectivity index (χ1) is 9.08. The Morgan fingerprint density at radius 2 is 2.00 bits per heavy atom. The van der Waals surface area contributed by atoms with E-state index >= 15 is 0 Å². The van der Waals surface area contributed by atoms with E-state index in [1.54, 1.807) is 11.3 Å². The van der Waals surface area contributed by atoms with Gasteiger partial charge in [0, 0.05) is 17.0 Å². The molecule has 0 spiro atoms. The topological polar surface area (TPSA) is 28.2 Å². The fourth-order valence-electron chi connectivity index (χ4n) is 2.47. The third-order valence-corrected chi connectivity index (χ3v) is 4.83. The van der Waals surface area contributed by atoms with Gasteiger partial charge in [-0.1, -0.05) is 13.8 Å². The van der Waals surface area contributed by atoms with Crippen LogP contribution < -0.4 is 5.32 Å². The maximum Gasteiger partial charge on any atom is 0.0798 e. The monoisotopic (exact) mass is 283 g/mol. The van der Waals surface area contributed by atoms with E-state index in [1.165, 1.54) is 30.0 Å². The van der Waals surface area contributed by atoms with E-state index in [0.29, 0.717) is 12.1 Å². The number of rotatable bonds is 9. The van der Waals surface area contributed by atoms with Crippen LogP contribution in [0.3, 0.4) is 0 Å². The summed E-state index contributed by atoms with van der Waals surface area (Å²) < 4.78 is 0. The summed E-state index contributed by atoms with van der Waals surface area (Å²) in [7, 11) is 0. The molecular weight excluding hydrogens is 254 g/mol. The molecule has 0 bridgehead atoms. The van der Waals surface area contributed by atoms with Crippen molar-refractivity contribution < 1.29 is 0 Å². The Labute approximate surface area is 122 Å². The lowest BCUT2D eigenvalue weighted by molar-refractivity contribution is 0.288. The van der Waals surface area contributed by atoms with Crippen LogP contribution in [-0.4, -0.2) is 35.6 Å². The van der Waals surface area contributed by atoms with Crippen molar-refractivity contribution in [2.24, 2.45) is 0 Å². The molecule has 110 valence electrons. The van der Waals surface area contributed by atoms with Gasteiger partial charge in [0.15, 0.2) is 0 Å². The Balaban J connectivity index is 2.27. The molecule has 0 aliphatic rings. The summed E-state index contributed by atoms with van der Waals surface area (Å²) in [5.74, 6) is 0. The van der Waals surface area contributed by atoms with Crippen molar-refractivity contribution in [3.63, 3.8) is 0 Å². The van der Waals surface area contributed by atoms with E-state index in [1.807, 2.05) is 5.51 Å². The molecule has 2 unspecified atom stereocenters. The Morgan fingerprint density at radius 1 is 1.32 bits per heavy atom. The molecule has 1 aromatic heterocycles. The second-order valence-corrected chi connectivity index (χ2v) is 6.15. The SMILES string of the molecule is CCN(CC)CCCC(C)NC(C)c1scnc1C. The van der Waals surface area contributed by atoms with Gasteiger partial charge >= 0.3 is 0 Å². The van der Waals surface area contributed by atoms with Crippen molar-refractivity contribution in [1.82, 2.24) is 15.2 Å². The first-order valence-corrected chi connectivity index (χ1v) is 8.34. The Kier molecular flexibility index (Phi) is 7.57. The second kappa shape index (κ2) is 8.67. The maximum atomic E-state index is 4.32. The first kappa shape index (κ1) is 16.6. The molecule has 0 amide bonds. The average molecular weight is 283 g/mol. The van der Waals surface area contributed by atoms with E-state index in [0.717, 1.165) is 13.1 Å². The Hall–Kier alpha value is -0.450. The molecule has 0 aromatic carbocycles. The molecule has 1 N–H and O–H groups in total. The van der Waals surface area contributed by atoms with Crippen molar-refractivity contribution in [2.45, 2.75) is 59.5 Å². The minimum Gasteiger partial charge on any atom is -0.307 e. The molecule has 2 atom stereocenters. The van der Waals surface area contributed by atoms with E-state index in [9.17, 15) is 0 Å². The highest BCUT2D eigenvalue weighted by atomic mass is 32.1. The van der Waals surface area contributed by atoms with Gasteiger partial charge < -0.3 is 10.2 Å². The number of hydrogen-bond acceptors (Lipinski definition) is 4. The zero-order chi connectivity index (χ0) is 14.3. The smallest absolute Gasteiger partial charge is 0.0798 e. The normalized spacial score (nSPS) is 14.8. The maximum absolute atomic E-state index is 4.32. The highest BCUT2D eigenvalue weighted by molar-refractivity contribution is 7.09. The lowest BCUT2D eigenvalue weighted by atomic mass is 10.1. The summed E-state index contributed by atoms with van der Waals surface area (Å²) in [4.78, 5) is 8.18. The zero-order valence-corrected chi connectivity index (χ0v) is 13.9. The molecule has 19 heavy (non-hydrogen) atoms. The number of nitrogens with zero attached hydrogens (tertiary/aromatic N) is 2. The molecular formula is C15H29N3S. The number of aryl methyl sites for hydroxylation is 1. The molecule has 1 rings (SSSR count). The van der Waals surface area contributed by atoms with Crippen LogP contribution in [-0.2, 0) is 0 Å². The number of thiazole rings is 1. The predicted octanol–water partition coefficient (Wildman–Crippen LogP) is 3.61. The minimum absolute atomic E-state index is 0.413. The molecule has 0 aliphatic heterocycles. The minimum atomic E-state index is 0.413. The highest BCUT2D eigenvalue weighted by Gasteiger charge is 2.13. The first-order valence-electron chi connectivity index (χ1n) is 7.46. The van der Waals surface area contributed by atoms with E-state index in [4.69, 9.17) is 0 Å². The predicted molar refractivity (Wildman–Crippen MR) is 84.9 cm³/mol. The van der Waals surface area contributed by atoms with Gasteiger partial charge in [0.2, 0.25) is 0 Å². The lowest BCUT2D eigenvalue weighted by Crippen LogP contribution is -2.30. The largest absolute Gasteiger partial charge is 0.307 e. The number of aromatic nitrogens is 1. The lowest BCUT2D eigenvalue weighted by Gasteiger charge is -2.22. The summed E-state index contributed by atoms with van der Waals surface area (Å²) in [6.07, 6.45) is 2.50. The molecule has 3 nitrogen and oxygen atoms in total. The third-order valence-electron chi connectivity index (χ3n) is 3.72. The van der Waals surface area contributed by atoms with Gasteiger partial charge in [-0.15, -0.1) is 11.3 Å². The van der Waals surface area contributed by atoms with Gasteiger partial charge in [-0.3, -0.25) is 0 Å². The molecule has 0 radical (unpaired) electrons. The summed E-state index contributed by atoms with van der Waals surface area (Å²) >= 11 is 1.75. The van der Waals surface area contributed by atoms with Crippen molar-refractivity contribution >= 4 is 11.3 Å². The fourth-order valence-corrected chi connectivity index (χ4v) is 3.29. The van der Waals surface area contributed by atoms with Gasteiger partial charge in [-0.2, -0.15) is 0 Å². The molecule has 0 saturated heterocycles.